The summed E-state index contributed by atoms with van der Waals surface area (Å²) in [6.45, 7) is 106. The monoisotopic (exact) mass is 1990 g/mol. The number of ether oxygens (including phenoxy) is 3. The number of rotatable bonds is 27. The van der Waals surface area contributed by atoms with E-state index in [2.05, 4.69) is 240 Å². The number of hydrogen-bond donors (Lipinski definition) is 3. The highest BCUT2D eigenvalue weighted by Gasteiger charge is 2.53. The van der Waals surface area contributed by atoms with Crippen LogP contribution in [0.3, 0.4) is 0 Å². The third-order valence-corrected chi connectivity index (χ3v) is 34.2. The van der Waals surface area contributed by atoms with Crippen molar-refractivity contribution < 1.29 is 39.5 Å². The number of sulfonamides is 3. The van der Waals surface area contributed by atoms with Crippen molar-refractivity contribution in [1.29, 1.82) is 0 Å². The van der Waals surface area contributed by atoms with E-state index in [9.17, 15) is 25.3 Å². The number of methoxy groups -OCH3 is 3. The number of piperidine rings is 6. The van der Waals surface area contributed by atoms with Gasteiger partial charge in [0.15, 0.2) is 0 Å². The highest BCUT2D eigenvalue weighted by Crippen LogP contribution is 2.54. The van der Waals surface area contributed by atoms with Crippen LogP contribution in [0.15, 0.2) is 146 Å². The lowest BCUT2D eigenvalue weighted by Gasteiger charge is -2.46. The first-order chi connectivity index (χ1) is 65.9. The lowest BCUT2D eigenvalue weighted by molar-refractivity contribution is 0.0171. The molecular weight excluding hydrogens is 1820 g/mol. The number of benzene rings is 6. The molecule has 27 heteroatoms. The van der Waals surface area contributed by atoms with Crippen molar-refractivity contribution in [1.82, 2.24) is 29.4 Å². The molecule has 0 radical (unpaired) electrons. The Morgan fingerprint density at radius 3 is 0.837 bits per heavy atom. The van der Waals surface area contributed by atoms with Crippen LogP contribution in [0.2, 0.25) is 0 Å². The highest BCUT2D eigenvalue weighted by molar-refractivity contribution is 7.92. The summed E-state index contributed by atoms with van der Waals surface area (Å²) in [4.78, 5) is 37.1. The number of anilines is 3. The fraction of sp³-hybridized carbons (Fsp3) is 0.632. The lowest BCUT2D eigenvalue weighted by atomic mass is 9.61. The Labute approximate surface area is 853 Å². The zero-order valence-electron chi connectivity index (χ0n) is 90.1. The number of para-hydroxylation sites is 2. The van der Waals surface area contributed by atoms with Crippen LogP contribution in [0.1, 0.15) is 235 Å². The molecule has 6 heterocycles. The van der Waals surface area contributed by atoms with Crippen molar-refractivity contribution >= 4 is 47.1 Å². The minimum atomic E-state index is -3.29. The first-order valence-electron chi connectivity index (χ1n) is 50.3. The molecule has 0 spiro atoms. The summed E-state index contributed by atoms with van der Waals surface area (Å²) in [6, 6.07) is 47.6. The second-order valence-corrected chi connectivity index (χ2v) is 52.2. The molecule has 6 aliphatic heterocycles. The minimum Gasteiger partial charge on any atom is -0.497 e. The molecule has 24 nitrogen and oxygen atoms in total. The summed E-state index contributed by atoms with van der Waals surface area (Å²) >= 11 is 0. The zero-order valence-corrected chi connectivity index (χ0v) is 92.5. The predicted octanol–water partition coefficient (Wildman–Crippen LogP) is 23.5. The van der Waals surface area contributed by atoms with Gasteiger partial charge in [0.2, 0.25) is 69.3 Å². The summed E-state index contributed by atoms with van der Waals surface area (Å²) < 4.78 is 92.0. The van der Waals surface area contributed by atoms with Gasteiger partial charge in [-0.3, -0.25) is 43.6 Å². The quantitative estimate of drug-likeness (QED) is 0.0409. The minimum absolute atomic E-state index is 0.0653. The average molecular weight is 1990 g/mol. The van der Waals surface area contributed by atoms with Gasteiger partial charge < -0.3 is 43.3 Å². The molecule has 3 N–H and O–H groups in total. The first-order valence-corrected chi connectivity index (χ1v) is 56.0. The molecule has 0 amide bonds. The lowest BCUT2D eigenvalue weighted by Crippen LogP contribution is -2.48. The van der Waals surface area contributed by atoms with E-state index in [0.29, 0.717) is 56.3 Å². The molecule has 6 aromatic carbocycles. The Kier molecular flexibility index (Phi) is 43.3. The first kappa shape index (κ1) is 119. The van der Waals surface area contributed by atoms with E-state index in [1.54, 1.807) is 45.6 Å². The average Bonchev–Trinajstić information content (AvgIpc) is 0.724. The van der Waals surface area contributed by atoms with E-state index in [1.165, 1.54) is 28.5 Å². The maximum atomic E-state index is 11.6. The van der Waals surface area contributed by atoms with Gasteiger partial charge in [-0.25, -0.2) is 64.7 Å². The smallest absolute Gasteiger partial charge is 0.229 e. The molecule has 12 rings (SSSR count). The van der Waals surface area contributed by atoms with Crippen LogP contribution < -0.4 is 28.4 Å². The molecule has 0 atom stereocenters. The van der Waals surface area contributed by atoms with Crippen molar-refractivity contribution in [3.63, 3.8) is 0 Å². The maximum absolute atomic E-state index is 11.6. The fourth-order valence-corrected chi connectivity index (χ4v) is 23.0. The molecule has 0 unspecified atom stereocenters. The van der Waals surface area contributed by atoms with Crippen LogP contribution in [0.4, 0.5) is 17.1 Å². The third-order valence-electron chi connectivity index (χ3n) is 32.4. The van der Waals surface area contributed by atoms with Gasteiger partial charge in [-0.05, 0) is 277 Å². The molecule has 0 aliphatic carbocycles. The second-order valence-electron chi connectivity index (χ2n) is 46.9. The van der Waals surface area contributed by atoms with Gasteiger partial charge in [0.05, 0.1) is 45.8 Å². The number of hydrogen-bond acceptors (Lipinski definition) is 15. The van der Waals surface area contributed by atoms with Gasteiger partial charge in [0.1, 0.15) is 17.2 Å². The van der Waals surface area contributed by atoms with Crippen LogP contribution in [-0.2, 0) is 69.3 Å². The summed E-state index contributed by atoms with van der Waals surface area (Å²) in [7, 11) is -4.64. The van der Waals surface area contributed by atoms with E-state index in [-0.39, 0.29) is 65.0 Å². The van der Waals surface area contributed by atoms with Crippen molar-refractivity contribution in [2.24, 2.45) is 65.0 Å². The Hall–Kier alpha value is -9.33. The fourth-order valence-electron chi connectivity index (χ4n) is 21.3. The number of likely N-dealkylation sites (tertiary alicyclic amines) is 6. The summed E-state index contributed by atoms with van der Waals surface area (Å²) in [5.74, 6) is 2.80. The van der Waals surface area contributed by atoms with Crippen molar-refractivity contribution in [3.8, 4) is 17.2 Å². The molecule has 0 aromatic heterocycles. The number of nitrogens with zero attached hydrogens (tertiary/aromatic N) is 12. The van der Waals surface area contributed by atoms with Gasteiger partial charge in [0, 0.05) is 88.7 Å². The van der Waals surface area contributed by atoms with Crippen LogP contribution in [0.5, 0.6) is 17.2 Å². The zero-order chi connectivity index (χ0) is 105. The number of nitrogens with one attached hydrogen (secondary N) is 3. The van der Waals surface area contributed by atoms with E-state index in [0.717, 1.165) is 236 Å². The summed E-state index contributed by atoms with van der Waals surface area (Å²) in [5, 5.41) is 0. The summed E-state index contributed by atoms with van der Waals surface area (Å²) in [5.41, 5.74) is 10.7. The van der Waals surface area contributed by atoms with Gasteiger partial charge in [0.25, 0.3) is 0 Å². The SMILES string of the molecule is [C-]#[N+]CC1(C(C)(C)C)CCN(Cc2ccc(NS(C)(=O)=O)cc2)CC1.[C-]#[N+]CC1(C(C)(C)C)CCN(Cc2ccc(OC)cc2)CC1.[C-]#[N+]CC1(C(C)(C)C)CCN(Cc2cccc(NS(C)(=O)=O)c2)CC1.[C-]#[N+]CC1(C(C)(C)C)CCN(Cc2cccc(OC)c2)CC1.[C-]#[N+]CC1(C(C)(C)C)CCN(Cc2ccccc2NS(C)(=O)=O)CC1.[C-]#[N+]CC1(C(C)(C)C)CCN(Cc2ccccc2OC)CC1. The standard InChI is InChI=1S/3C19H29N3O2S.3C19H28N2O/c1-18(2,3)19(15-20-4)10-12-22(13-11-19)14-16-6-8-17(9-7-16)21-25(5,23)24;1-18(2,3)19(15-20-4)9-11-22(12-10-19)14-16-7-6-8-17(13-16)21-25(5,23)24;1-18(2,3)19(15-20-4)10-12-22(13-11-19)14-16-8-6-7-9-17(16)21-25(5,23)24;1-18(2,3)19(15-20-4)10-12-21(13-11-19)14-16-6-8-17(22-5)9-7-16;1-18(2,3)19(15-20-4)9-11-21(12-10-19)14-16-7-6-8-17(13-16)22-5;1-18(2,3)19(15-20-4)10-12-21(13-11-19)14-16-8-6-7-9-17(16)22-5/h6-9,21H,10-15H2,1-3,5H3;6-8,13,21H,9-12,14-15H2,1-3,5H3;6-9,21H,10-15H2,1-3,5H3;6-9H,10-15H2,1-3,5H3;6-8,13H,9-12,14-15H2,1-3,5H3;6-9H,10-15H2,1-3,5H3. The Morgan fingerprint density at radius 2 is 0.539 bits per heavy atom. The second kappa shape index (κ2) is 51.4. The summed E-state index contributed by atoms with van der Waals surface area (Å²) in [6.07, 6.45) is 16.3. The van der Waals surface area contributed by atoms with Crippen molar-refractivity contribution in [3.05, 3.63) is 247 Å². The van der Waals surface area contributed by atoms with Crippen LogP contribution in [0.25, 0.3) is 29.1 Å². The van der Waals surface area contributed by atoms with E-state index in [4.69, 9.17) is 53.6 Å². The van der Waals surface area contributed by atoms with Crippen molar-refractivity contribution in [2.75, 3.05) is 172 Å². The van der Waals surface area contributed by atoms with Crippen LogP contribution in [0, 0.1) is 104 Å². The highest BCUT2D eigenvalue weighted by atomic mass is 32.2. The predicted molar refractivity (Wildman–Crippen MR) is 581 cm³/mol. The normalized spacial score (nSPS) is 18.6. The molecule has 774 valence electrons. The molecular formula is C114H171N15O9S3. The van der Waals surface area contributed by atoms with Gasteiger partial charge >= 0.3 is 0 Å². The van der Waals surface area contributed by atoms with Gasteiger partial charge in [-0.15, -0.1) is 0 Å². The van der Waals surface area contributed by atoms with Gasteiger partial charge in [-0.1, -0.05) is 210 Å². The molecule has 0 bridgehead atoms. The molecule has 6 aromatic rings. The van der Waals surface area contributed by atoms with E-state index >= 15 is 0 Å². The molecule has 6 saturated heterocycles. The van der Waals surface area contributed by atoms with Gasteiger partial charge in [-0.2, -0.15) is 0 Å². The van der Waals surface area contributed by atoms with E-state index < -0.39 is 30.1 Å². The van der Waals surface area contributed by atoms with Crippen molar-refractivity contribution in [2.45, 2.75) is 241 Å². The molecule has 6 fully saturated rings. The Balaban J connectivity index is 0.000000230. The molecule has 141 heavy (non-hydrogen) atoms. The van der Waals surface area contributed by atoms with E-state index in [1.807, 2.05) is 78.9 Å². The largest absolute Gasteiger partial charge is 0.497 e. The Bertz CT molecular complexity index is 5540. The van der Waals surface area contributed by atoms with Crippen LogP contribution >= 0.6 is 0 Å². The maximum Gasteiger partial charge on any atom is 0.229 e. The molecule has 0 saturated carbocycles. The van der Waals surface area contributed by atoms with Crippen LogP contribution in [-0.4, -0.2) is 213 Å². The Morgan fingerprint density at radius 1 is 0.277 bits per heavy atom. The topological polar surface area (TPSA) is 212 Å². The molecule has 6 aliphatic rings. The third kappa shape index (κ3) is 35.3.